The first-order valence-corrected chi connectivity index (χ1v) is 6.26. The fourth-order valence-electron chi connectivity index (χ4n) is 1.39. The Balaban J connectivity index is 2.13. The Kier molecular flexibility index (Phi) is 3.93. The van der Waals surface area contributed by atoms with Crippen LogP contribution in [0, 0.1) is 0 Å². The van der Waals surface area contributed by atoms with Crippen LogP contribution < -0.4 is 10.1 Å². The van der Waals surface area contributed by atoms with Crippen LogP contribution in [0.2, 0.25) is 0 Å². The fourth-order valence-corrected chi connectivity index (χ4v) is 2.11. The molecule has 1 aromatic heterocycles. The van der Waals surface area contributed by atoms with Gasteiger partial charge in [0.2, 0.25) is 0 Å². The summed E-state index contributed by atoms with van der Waals surface area (Å²) in [6, 6.07) is 6.27. The Labute approximate surface area is 116 Å². The Hall–Kier alpha value is -2.09. The first-order chi connectivity index (χ1) is 9.40. The van der Waals surface area contributed by atoms with Crippen molar-refractivity contribution in [3.63, 3.8) is 0 Å². The lowest BCUT2D eigenvalue weighted by Gasteiger charge is -2.04. The summed E-state index contributed by atoms with van der Waals surface area (Å²) in [7, 11) is 1.45. The maximum Gasteiger partial charge on any atom is 0.434 e. The van der Waals surface area contributed by atoms with E-state index in [9.17, 15) is 18.0 Å². The van der Waals surface area contributed by atoms with Crippen molar-refractivity contribution in [1.29, 1.82) is 0 Å². The lowest BCUT2D eigenvalue weighted by Crippen LogP contribution is -2.12. The van der Waals surface area contributed by atoms with Crippen LogP contribution in [0.3, 0.4) is 0 Å². The molecule has 1 amide bonds. The number of benzene rings is 1. The molecule has 0 bridgehead atoms. The van der Waals surface area contributed by atoms with Gasteiger partial charge in [-0.1, -0.05) is 6.07 Å². The highest BCUT2D eigenvalue weighted by atomic mass is 32.1. The monoisotopic (exact) mass is 302 g/mol. The molecule has 0 aliphatic rings. The first kappa shape index (κ1) is 14.3. The van der Waals surface area contributed by atoms with Crippen LogP contribution in [0.5, 0.6) is 5.75 Å². The summed E-state index contributed by atoms with van der Waals surface area (Å²) < 4.78 is 42.1. The van der Waals surface area contributed by atoms with Gasteiger partial charge in [-0.2, -0.15) is 13.2 Å². The van der Waals surface area contributed by atoms with Gasteiger partial charge in [0.15, 0.2) is 10.8 Å². The highest BCUT2D eigenvalue weighted by Gasteiger charge is 2.33. The number of hydrogen-bond acceptors (Lipinski definition) is 4. The minimum absolute atomic E-state index is 0.106. The number of ether oxygens (including phenoxy) is 1. The van der Waals surface area contributed by atoms with Gasteiger partial charge >= 0.3 is 6.18 Å². The number of thiazole rings is 1. The summed E-state index contributed by atoms with van der Waals surface area (Å²) in [6.45, 7) is 0. The maximum absolute atomic E-state index is 12.4. The zero-order valence-corrected chi connectivity index (χ0v) is 11.0. The number of methoxy groups -OCH3 is 1. The largest absolute Gasteiger partial charge is 0.497 e. The summed E-state index contributed by atoms with van der Waals surface area (Å²) in [6.07, 6.45) is -4.52. The van der Waals surface area contributed by atoms with E-state index < -0.39 is 17.8 Å². The zero-order chi connectivity index (χ0) is 14.8. The summed E-state index contributed by atoms with van der Waals surface area (Å²) in [5, 5.41) is 3.06. The Morgan fingerprint density at radius 1 is 1.40 bits per heavy atom. The molecule has 0 aliphatic heterocycles. The van der Waals surface area contributed by atoms with Crippen molar-refractivity contribution in [2.24, 2.45) is 0 Å². The van der Waals surface area contributed by atoms with Crippen LogP contribution >= 0.6 is 11.3 Å². The predicted octanol–water partition coefficient (Wildman–Crippen LogP) is 3.42. The molecule has 0 radical (unpaired) electrons. The van der Waals surface area contributed by atoms with Crippen molar-refractivity contribution in [2.75, 3.05) is 12.4 Å². The number of aromatic nitrogens is 1. The van der Waals surface area contributed by atoms with E-state index in [0.29, 0.717) is 17.1 Å². The van der Waals surface area contributed by atoms with Crippen LogP contribution in [-0.4, -0.2) is 18.0 Å². The second-order valence-electron chi connectivity index (χ2n) is 3.72. The number of carbonyl (C=O) groups is 1. The van der Waals surface area contributed by atoms with Gasteiger partial charge in [-0.3, -0.25) is 10.1 Å². The molecule has 20 heavy (non-hydrogen) atoms. The SMILES string of the molecule is COc1cccc(C(=O)Nc2nc(C(F)(F)F)cs2)c1. The molecule has 0 saturated carbocycles. The topological polar surface area (TPSA) is 51.2 Å². The number of rotatable bonds is 3. The molecule has 1 aromatic carbocycles. The molecule has 4 nitrogen and oxygen atoms in total. The van der Waals surface area contributed by atoms with Crippen molar-refractivity contribution < 1.29 is 22.7 Å². The summed E-state index contributed by atoms with van der Waals surface area (Å²) >= 11 is 0.715. The van der Waals surface area contributed by atoms with Crippen LogP contribution in [0.25, 0.3) is 0 Å². The summed E-state index contributed by atoms with van der Waals surface area (Å²) in [5.74, 6) is -0.0697. The number of alkyl halides is 3. The Morgan fingerprint density at radius 3 is 2.75 bits per heavy atom. The minimum atomic E-state index is -4.52. The highest BCUT2D eigenvalue weighted by molar-refractivity contribution is 7.14. The third-order valence-electron chi connectivity index (χ3n) is 2.35. The van der Waals surface area contributed by atoms with E-state index in [1.165, 1.54) is 19.2 Å². The summed E-state index contributed by atoms with van der Waals surface area (Å²) in [5.41, 5.74) is -0.753. The number of halogens is 3. The van der Waals surface area contributed by atoms with Gasteiger partial charge in [0, 0.05) is 10.9 Å². The number of nitrogens with one attached hydrogen (secondary N) is 1. The number of anilines is 1. The van der Waals surface area contributed by atoms with Crippen molar-refractivity contribution >= 4 is 22.4 Å². The number of nitrogens with zero attached hydrogens (tertiary/aromatic N) is 1. The molecule has 1 heterocycles. The standard InChI is InChI=1S/C12H9F3N2O2S/c1-19-8-4-2-3-7(5-8)10(18)17-11-16-9(6-20-11)12(13,14)15/h2-6H,1H3,(H,16,17,18). The van der Waals surface area contributed by atoms with E-state index >= 15 is 0 Å². The molecule has 1 N–H and O–H groups in total. The molecule has 0 fully saturated rings. The number of amides is 1. The molecule has 0 unspecified atom stereocenters. The van der Waals surface area contributed by atoms with Crippen LogP contribution in [0.15, 0.2) is 29.6 Å². The molecule has 0 spiro atoms. The molecular formula is C12H9F3N2O2S. The smallest absolute Gasteiger partial charge is 0.434 e. The van der Waals surface area contributed by atoms with E-state index in [0.717, 1.165) is 5.38 Å². The molecule has 0 aliphatic carbocycles. The van der Waals surface area contributed by atoms with E-state index in [1.807, 2.05) is 0 Å². The van der Waals surface area contributed by atoms with Gasteiger partial charge in [0.05, 0.1) is 7.11 Å². The van der Waals surface area contributed by atoms with E-state index in [4.69, 9.17) is 4.74 Å². The number of hydrogen-bond donors (Lipinski definition) is 1. The van der Waals surface area contributed by atoms with Crippen molar-refractivity contribution in [2.45, 2.75) is 6.18 Å². The Morgan fingerprint density at radius 2 is 2.15 bits per heavy atom. The van der Waals surface area contributed by atoms with Gasteiger partial charge in [-0.25, -0.2) is 4.98 Å². The maximum atomic E-state index is 12.4. The fraction of sp³-hybridized carbons (Fsp3) is 0.167. The van der Waals surface area contributed by atoms with Gasteiger partial charge in [-0.15, -0.1) is 11.3 Å². The molecule has 0 atom stereocenters. The highest BCUT2D eigenvalue weighted by Crippen LogP contribution is 2.31. The van der Waals surface area contributed by atoms with Gasteiger partial charge < -0.3 is 4.74 Å². The van der Waals surface area contributed by atoms with Gasteiger partial charge in [0.25, 0.3) is 5.91 Å². The van der Waals surface area contributed by atoms with Crippen molar-refractivity contribution in [3.05, 3.63) is 40.9 Å². The predicted molar refractivity (Wildman–Crippen MR) is 68.1 cm³/mol. The van der Waals surface area contributed by atoms with E-state index in [-0.39, 0.29) is 10.7 Å². The van der Waals surface area contributed by atoms with Gasteiger partial charge in [-0.05, 0) is 18.2 Å². The quantitative estimate of drug-likeness (QED) is 0.945. The van der Waals surface area contributed by atoms with Gasteiger partial charge in [0.1, 0.15) is 5.75 Å². The second kappa shape index (κ2) is 5.49. The molecular weight excluding hydrogens is 293 g/mol. The average Bonchev–Trinajstić information content (AvgIpc) is 2.87. The lowest BCUT2D eigenvalue weighted by atomic mass is 10.2. The third kappa shape index (κ3) is 3.27. The van der Waals surface area contributed by atoms with Crippen LogP contribution in [-0.2, 0) is 6.18 Å². The molecule has 2 rings (SSSR count). The first-order valence-electron chi connectivity index (χ1n) is 5.38. The average molecular weight is 302 g/mol. The normalized spacial score (nSPS) is 11.2. The van der Waals surface area contributed by atoms with Crippen LogP contribution in [0.1, 0.15) is 16.1 Å². The third-order valence-corrected chi connectivity index (χ3v) is 3.10. The van der Waals surface area contributed by atoms with Crippen molar-refractivity contribution in [1.82, 2.24) is 4.98 Å². The molecule has 0 saturated heterocycles. The molecule has 2 aromatic rings. The molecule has 8 heteroatoms. The Bertz CT molecular complexity index is 625. The molecule has 106 valence electrons. The number of carbonyl (C=O) groups excluding carboxylic acids is 1. The van der Waals surface area contributed by atoms with Crippen molar-refractivity contribution in [3.8, 4) is 5.75 Å². The zero-order valence-electron chi connectivity index (χ0n) is 10.2. The van der Waals surface area contributed by atoms with E-state index in [1.54, 1.807) is 12.1 Å². The lowest BCUT2D eigenvalue weighted by molar-refractivity contribution is -0.140. The van der Waals surface area contributed by atoms with E-state index in [2.05, 4.69) is 10.3 Å². The van der Waals surface area contributed by atoms with Crippen LogP contribution in [0.4, 0.5) is 18.3 Å². The second-order valence-corrected chi connectivity index (χ2v) is 4.58. The minimum Gasteiger partial charge on any atom is -0.497 e. The summed E-state index contributed by atoms with van der Waals surface area (Å²) in [4.78, 5) is 15.2.